The second kappa shape index (κ2) is 7.30. The molecule has 1 aromatic carbocycles. The molecule has 1 rings (SSSR count). The molecule has 0 heterocycles. The van der Waals surface area contributed by atoms with Gasteiger partial charge in [0.25, 0.3) is 0 Å². The SMILES string of the molecule is O=C(CBr)Cc1cccc(OC(F)F)c1C(O)C(=O)O. The Labute approximate surface area is 121 Å². The van der Waals surface area contributed by atoms with Crippen LogP contribution in [0.25, 0.3) is 0 Å². The molecule has 2 N–H and O–H groups in total. The number of aliphatic carboxylic acids is 1. The third-order valence-electron chi connectivity index (χ3n) is 2.42. The minimum atomic E-state index is -3.17. The number of carbonyl (C=O) groups is 2. The predicted octanol–water partition coefficient (Wildman–Crippen LogP) is 1.91. The van der Waals surface area contributed by atoms with E-state index < -0.39 is 24.4 Å². The summed E-state index contributed by atoms with van der Waals surface area (Å²) in [6.07, 6.45) is -2.26. The van der Waals surface area contributed by atoms with E-state index in [1.54, 1.807) is 0 Å². The van der Waals surface area contributed by atoms with Crippen LogP contribution in [0.2, 0.25) is 0 Å². The van der Waals surface area contributed by atoms with Gasteiger partial charge in [0.05, 0.1) is 5.33 Å². The molecule has 110 valence electrons. The highest BCUT2D eigenvalue weighted by Crippen LogP contribution is 2.31. The Bertz CT molecular complexity index is 507. The molecule has 20 heavy (non-hydrogen) atoms. The predicted molar refractivity (Wildman–Crippen MR) is 68.2 cm³/mol. The number of aliphatic hydroxyl groups is 1. The quantitative estimate of drug-likeness (QED) is 0.732. The first-order valence-corrected chi connectivity index (χ1v) is 6.54. The number of hydrogen-bond donors (Lipinski definition) is 2. The molecule has 1 aromatic rings. The zero-order chi connectivity index (χ0) is 15.3. The number of alkyl halides is 3. The zero-order valence-electron chi connectivity index (χ0n) is 10.1. The summed E-state index contributed by atoms with van der Waals surface area (Å²) in [5.41, 5.74) is -0.211. The topological polar surface area (TPSA) is 83.8 Å². The van der Waals surface area contributed by atoms with Crippen LogP contribution in [0.3, 0.4) is 0 Å². The molecule has 0 aliphatic carbocycles. The van der Waals surface area contributed by atoms with Crippen LogP contribution in [0.5, 0.6) is 5.75 Å². The number of carbonyl (C=O) groups excluding carboxylic acids is 1. The number of aliphatic hydroxyl groups excluding tert-OH is 1. The Morgan fingerprint density at radius 2 is 2.00 bits per heavy atom. The van der Waals surface area contributed by atoms with Crippen LogP contribution >= 0.6 is 15.9 Å². The van der Waals surface area contributed by atoms with Crippen molar-refractivity contribution >= 4 is 27.7 Å². The van der Waals surface area contributed by atoms with Crippen molar-refractivity contribution < 1.29 is 33.3 Å². The number of ketones is 1. The summed E-state index contributed by atoms with van der Waals surface area (Å²) in [4.78, 5) is 22.3. The van der Waals surface area contributed by atoms with E-state index in [1.165, 1.54) is 12.1 Å². The molecule has 0 saturated carbocycles. The number of carboxylic acid groups (broad SMARTS) is 1. The molecule has 0 radical (unpaired) electrons. The smallest absolute Gasteiger partial charge is 0.387 e. The summed E-state index contributed by atoms with van der Waals surface area (Å²) in [7, 11) is 0. The molecule has 0 amide bonds. The van der Waals surface area contributed by atoms with Crippen molar-refractivity contribution in [1.82, 2.24) is 0 Å². The first-order chi connectivity index (χ1) is 9.36. The fourth-order valence-electron chi connectivity index (χ4n) is 1.64. The molecule has 0 spiro atoms. The second-order valence-electron chi connectivity index (χ2n) is 3.80. The second-order valence-corrected chi connectivity index (χ2v) is 4.36. The third-order valence-corrected chi connectivity index (χ3v) is 3.04. The maximum Gasteiger partial charge on any atom is 0.387 e. The molecule has 1 unspecified atom stereocenters. The van der Waals surface area contributed by atoms with Crippen molar-refractivity contribution in [3.63, 3.8) is 0 Å². The third kappa shape index (κ3) is 4.24. The Hall–Kier alpha value is -1.54. The van der Waals surface area contributed by atoms with Gasteiger partial charge in [-0.05, 0) is 11.6 Å². The van der Waals surface area contributed by atoms with E-state index in [1.807, 2.05) is 0 Å². The van der Waals surface area contributed by atoms with E-state index >= 15 is 0 Å². The number of rotatable bonds is 7. The lowest BCUT2D eigenvalue weighted by Crippen LogP contribution is -2.17. The number of hydrogen-bond acceptors (Lipinski definition) is 4. The van der Waals surface area contributed by atoms with Gasteiger partial charge < -0.3 is 14.9 Å². The average Bonchev–Trinajstić information content (AvgIpc) is 2.37. The number of carboxylic acids is 1. The number of ether oxygens (including phenoxy) is 1. The van der Waals surface area contributed by atoms with Crippen molar-refractivity contribution in [2.24, 2.45) is 0 Å². The fourth-order valence-corrected chi connectivity index (χ4v) is 1.83. The summed E-state index contributed by atoms with van der Waals surface area (Å²) >= 11 is 2.94. The van der Waals surface area contributed by atoms with E-state index in [4.69, 9.17) is 5.11 Å². The molecule has 0 aromatic heterocycles. The Morgan fingerprint density at radius 1 is 1.35 bits per heavy atom. The Kier molecular flexibility index (Phi) is 6.03. The van der Waals surface area contributed by atoms with Crippen molar-refractivity contribution in [2.45, 2.75) is 19.1 Å². The highest BCUT2D eigenvalue weighted by molar-refractivity contribution is 9.09. The first-order valence-electron chi connectivity index (χ1n) is 5.42. The Morgan fingerprint density at radius 3 is 2.50 bits per heavy atom. The van der Waals surface area contributed by atoms with Gasteiger partial charge in [0.1, 0.15) is 11.5 Å². The molecule has 0 aliphatic rings. The molecule has 1 atom stereocenters. The van der Waals surface area contributed by atoms with Crippen molar-refractivity contribution in [2.75, 3.05) is 5.33 Å². The lowest BCUT2D eigenvalue weighted by Gasteiger charge is -2.17. The van der Waals surface area contributed by atoms with E-state index in [-0.39, 0.29) is 28.7 Å². The molecule has 0 bridgehead atoms. The van der Waals surface area contributed by atoms with Gasteiger partial charge in [-0.3, -0.25) is 4.79 Å². The van der Waals surface area contributed by atoms with Gasteiger partial charge in [0.2, 0.25) is 0 Å². The zero-order valence-corrected chi connectivity index (χ0v) is 11.6. The standard InChI is InChI=1S/C12H11BrF2O5/c13-5-7(16)4-6-2-1-3-8(20-12(14)15)9(6)10(17)11(18)19/h1-3,10,12,17H,4-5H2,(H,18,19). The van der Waals surface area contributed by atoms with Crippen molar-refractivity contribution in [3.8, 4) is 5.75 Å². The summed E-state index contributed by atoms with van der Waals surface area (Å²) < 4.78 is 28.8. The van der Waals surface area contributed by atoms with E-state index in [0.717, 1.165) is 6.07 Å². The minimum Gasteiger partial charge on any atom is -0.479 e. The number of Topliss-reactive ketones (excluding diaryl/α,β-unsaturated/α-hetero) is 1. The van der Waals surface area contributed by atoms with Gasteiger partial charge in [-0.1, -0.05) is 28.1 Å². The monoisotopic (exact) mass is 352 g/mol. The van der Waals surface area contributed by atoms with Crippen molar-refractivity contribution in [3.05, 3.63) is 29.3 Å². The average molecular weight is 353 g/mol. The van der Waals surface area contributed by atoms with Crippen LogP contribution in [0, 0.1) is 0 Å². The highest BCUT2D eigenvalue weighted by Gasteiger charge is 2.26. The number of benzene rings is 1. The largest absolute Gasteiger partial charge is 0.479 e. The maximum absolute atomic E-state index is 12.3. The van der Waals surface area contributed by atoms with Gasteiger partial charge in [0.15, 0.2) is 6.10 Å². The molecule has 8 heteroatoms. The van der Waals surface area contributed by atoms with Gasteiger partial charge in [-0.15, -0.1) is 0 Å². The maximum atomic E-state index is 12.3. The van der Waals surface area contributed by atoms with E-state index in [0.29, 0.717) is 0 Å². The fraction of sp³-hybridized carbons (Fsp3) is 0.333. The van der Waals surface area contributed by atoms with Crippen molar-refractivity contribution in [1.29, 1.82) is 0 Å². The number of halogens is 3. The van der Waals surface area contributed by atoms with Crippen LogP contribution in [-0.4, -0.2) is 33.9 Å². The van der Waals surface area contributed by atoms with Gasteiger partial charge >= 0.3 is 12.6 Å². The molecule has 5 nitrogen and oxygen atoms in total. The summed E-state index contributed by atoms with van der Waals surface area (Å²) in [6, 6.07) is 3.82. The van der Waals surface area contributed by atoms with E-state index in [9.17, 15) is 23.5 Å². The van der Waals surface area contributed by atoms with Crippen LogP contribution < -0.4 is 4.74 Å². The van der Waals surface area contributed by atoms with Gasteiger partial charge in [0, 0.05) is 12.0 Å². The molecule has 0 aliphatic heterocycles. The molecule has 0 fully saturated rings. The normalized spacial score (nSPS) is 12.2. The molecular formula is C12H11BrF2O5. The summed E-state index contributed by atoms with van der Waals surface area (Å²) in [5, 5.41) is 18.5. The molecular weight excluding hydrogens is 342 g/mol. The van der Waals surface area contributed by atoms with Crippen LogP contribution in [-0.2, 0) is 16.0 Å². The first kappa shape index (κ1) is 16.5. The minimum absolute atomic E-state index is 0.0234. The van der Waals surface area contributed by atoms with Gasteiger partial charge in [-0.25, -0.2) is 4.79 Å². The summed E-state index contributed by atoms with van der Waals surface area (Å²) in [5.74, 6) is -2.38. The lowest BCUT2D eigenvalue weighted by molar-refractivity contribution is -0.147. The summed E-state index contributed by atoms with van der Waals surface area (Å²) in [6.45, 7) is -3.17. The van der Waals surface area contributed by atoms with Gasteiger partial charge in [-0.2, -0.15) is 8.78 Å². The Balaban J connectivity index is 3.28. The lowest BCUT2D eigenvalue weighted by atomic mass is 9.97. The van der Waals surface area contributed by atoms with Crippen LogP contribution in [0.15, 0.2) is 18.2 Å². The van der Waals surface area contributed by atoms with Crippen LogP contribution in [0.4, 0.5) is 8.78 Å². The van der Waals surface area contributed by atoms with Crippen LogP contribution in [0.1, 0.15) is 17.2 Å². The molecule has 0 saturated heterocycles. The highest BCUT2D eigenvalue weighted by atomic mass is 79.9. The van der Waals surface area contributed by atoms with E-state index in [2.05, 4.69) is 20.7 Å².